The number of aromatic nitrogens is 1. The lowest BCUT2D eigenvalue weighted by atomic mass is 10.1. The number of halogens is 4. The molecule has 0 amide bonds. The number of hydrogen-bond acceptors (Lipinski definition) is 2. The molecule has 1 heterocycles. The molecule has 0 radical (unpaired) electrons. The first-order valence-corrected chi connectivity index (χ1v) is 6.53. The van der Waals surface area contributed by atoms with E-state index in [0.29, 0.717) is 5.02 Å². The third kappa shape index (κ3) is 3.20. The standard InChI is InChI=1S/C13H7Cl3FNO2/c14-7-3-8(12(16)9(15)4-7)13-10(17)1-6(5-18-13)2-11(19)20/h1,3-5H,2H2,(H,19,20). The van der Waals surface area contributed by atoms with Crippen LogP contribution < -0.4 is 0 Å². The summed E-state index contributed by atoms with van der Waals surface area (Å²) in [7, 11) is 0. The average molecular weight is 335 g/mol. The highest BCUT2D eigenvalue weighted by molar-refractivity contribution is 6.45. The highest BCUT2D eigenvalue weighted by atomic mass is 35.5. The zero-order valence-corrected chi connectivity index (χ0v) is 12.1. The summed E-state index contributed by atoms with van der Waals surface area (Å²) in [5.74, 6) is -1.76. The lowest BCUT2D eigenvalue weighted by molar-refractivity contribution is -0.136. The summed E-state index contributed by atoms with van der Waals surface area (Å²) in [6.45, 7) is 0. The monoisotopic (exact) mass is 333 g/mol. The summed E-state index contributed by atoms with van der Waals surface area (Å²) in [5, 5.41) is 9.27. The summed E-state index contributed by atoms with van der Waals surface area (Å²) in [6, 6.07) is 3.98. The van der Waals surface area contributed by atoms with Gasteiger partial charge < -0.3 is 5.11 Å². The fraction of sp³-hybridized carbons (Fsp3) is 0.0769. The molecule has 2 aromatic rings. The zero-order chi connectivity index (χ0) is 14.9. The number of carbonyl (C=O) groups is 1. The molecule has 0 fully saturated rings. The van der Waals surface area contributed by atoms with E-state index in [4.69, 9.17) is 39.9 Å². The van der Waals surface area contributed by atoms with Crippen molar-refractivity contribution in [2.24, 2.45) is 0 Å². The van der Waals surface area contributed by atoms with E-state index in [9.17, 15) is 9.18 Å². The predicted octanol–water partition coefficient (Wildman–Crippen LogP) is 4.48. The van der Waals surface area contributed by atoms with Crippen LogP contribution in [-0.4, -0.2) is 16.1 Å². The third-order valence-corrected chi connectivity index (χ3v) is 3.52. The molecule has 0 spiro atoms. The summed E-state index contributed by atoms with van der Waals surface area (Å²) in [6.07, 6.45) is 0.964. The average Bonchev–Trinajstić information content (AvgIpc) is 2.33. The van der Waals surface area contributed by atoms with Crippen LogP contribution in [0, 0.1) is 5.82 Å². The SMILES string of the molecule is O=C(O)Cc1cnc(-c2cc(Cl)cc(Cl)c2Cl)c(F)c1. The maximum absolute atomic E-state index is 14.0. The molecule has 3 nitrogen and oxygen atoms in total. The van der Waals surface area contributed by atoms with Crippen LogP contribution in [0.1, 0.15) is 5.56 Å². The molecule has 1 aromatic carbocycles. The molecular weight excluding hydrogens is 328 g/mol. The van der Waals surface area contributed by atoms with Crippen LogP contribution in [0.25, 0.3) is 11.3 Å². The van der Waals surface area contributed by atoms with Crippen molar-refractivity contribution >= 4 is 40.8 Å². The lowest BCUT2D eigenvalue weighted by Crippen LogP contribution is -2.02. The fourth-order valence-electron chi connectivity index (χ4n) is 1.68. The first-order chi connectivity index (χ1) is 9.38. The van der Waals surface area contributed by atoms with E-state index in [1.165, 1.54) is 18.3 Å². The van der Waals surface area contributed by atoms with E-state index >= 15 is 0 Å². The van der Waals surface area contributed by atoms with Crippen LogP contribution in [0.15, 0.2) is 24.4 Å². The Morgan fingerprint density at radius 2 is 1.95 bits per heavy atom. The highest BCUT2D eigenvalue weighted by Gasteiger charge is 2.15. The van der Waals surface area contributed by atoms with Gasteiger partial charge in [0.05, 0.1) is 16.5 Å². The van der Waals surface area contributed by atoms with Gasteiger partial charge >= 0.3 is 5.97 Å². The Hall–Kier alpha value is -1.36. The van der Waals surface area contributed by atoms with Gasteiger partial charge in [-0.3, -0.25) is 9.78 Å². The van der Waals surface area contributed by atoms with Crippen molar-refractivity contribution in [1.29, 1.82) is 0 Å². The quantitative estimate of drug-likeness (QED) is 0.842. The normalized spacial score (nSPS) is 10.6. The van der Waals surface area contributed by atoms with E-state index in [0.717, 1.165) is 6.07 Å². The Morgan fingerprint density at radius 1 is 1.25 bits per heavy atom. The number of nitrogens with zero attached hydrogens (tertiary/aromatic N) is 1. The van der Waals surface area contributed by atoms with Gasteiger partial charge in [0.1, 0.15) is 11.5 Å². The summed E-state index contributed by atoms with van der Waals surface area (Å²) in [5.41, 5.74) is 0.472. The molecule has 0 saturated heterocycles. The highest BCUT2D eigenvalue weighted by Crippen LogP contribution is 2.36. The molecule has 0 unspecified atom stereocenters. The molecule has 0 bridgehead atoms. The summed E-state index contributed by atoms with van der Waals surface area (Å²) in [4.78, 5) is 14.5. The number of pyridine rings is 1. The molecule has 0 aliphatic rings. The van der Waals surface area contributed by atoms with Gasteiger partial charge in [0.25, 0.3) is 0 Å². The minimum atomic E-state index is -1.07. The molecule has 2 rings (SSSR count). The summed E-state index contributed by atoms with van der Waals surface area (Å²) >= 11 is 17.7. The van der Waals surface area contributed by atoms with E-state index in [1.807, 2.05) is 0 Å². The molecular formula is C13H7Cl3FNO2. The number of hydrogen-bond donors (Lipinski definition) is 1. The van der Waals surface area contributed by atoms with Crippen LogP contribution in [0.2, 0.25) is 15.1 Å². The molecule has 104 valence electrons. The Labute approximate surface area is 128 Å². The van der Waals surface area contributed by atoms with Crippen LogP contribution in [0.4, 0.5) is 4.39 Å². The van der Waals surface area contributed by atoms with Gasteiger partial charge in [-0.2, -0.15) is 0 Å². The maximum atomic E-state index is 14.0. The van der Waals surface area contributed by atoms with Gasteiger partial charge in [0, 0.05) is 16.8 Å². The molecule has 0 saturated carbocycles. The van der Waals surface area contributed by atoms with Gasteiger partial charge in [0.15, 0.2) is 0 Å². The molecule has 20 heavy (non-hydrogen) atoms. The zero-order valence-electron chi connectivity index (χ0n) is 9.83. The molecule has 1 N–H and O–H groups in total. The Balaban J connectivity index is 2.51. The number of aliphatic carboxylic acids is 1. The van der Waals surface area contributed by atoms with Crippen molar-refractivity contribution in [3.63, 3.8) is 0 Å². The molecule has 0 aliphatic carbocycles. The van der Waals surface area contributed by atoms with Gasteiger partial charge in [-0.1, -0.05) is 34.8 Å². The topological polar surface area (TPSA) is 50.2 Å². The van der Waals surface area contributed by atoms with Crippen LogP contribution in [0.5, 0.6) is 0 Å². The van der Waals surface area contributed by atoms with E-state index in [-0.39, 0.29) is 33.3 Å². The van der Waals surface area contributed by atoms with Crippen molar-refractivity contribution < 1.29 is 14.3 Å². The first kappa shape index (κ1) is 15.0. The van der Waals surface area contributed by atoms with Crippen molar-refractivity contribution in [3.05, 3.63) is 50.8 Å². The smallest absolute Gasteiger partial charge is 0.307 e. The van der Waals surface area contributed by atoms with E-state index < -0.39 is 11.8 Å². The second-order valence-electron chi connectivity index (χ2n) is 3.99. The molecule has 0 atom stereocenters. The second-order valence-corrected chi connectivity index (χ2v) is 5.22. The lowest BCUT2D eigenvalue weighted by Gasteiger charge is -2.08. The van der Waals surface area contributed by atoms with Gasteiger partial charge in [-0.25, -0.2) is 4.39 Å². The van der Waals surface area contributed by atoms with Crippen LogP contribution in [0.3, 0.4) is 0 Å². The summed E-state index contributed by atoms with van der Waals surface area (Å²) < 4.78 is 14.0. The van der Waals surface area contributed by atoms with Crippen LogP contribution >= 0.6 is 34.8 Å². The van der Waals surface area contributed by atoms with Crippen LogP contribution in [-0.2, 0) is 11.2 Å². The fourth-order valence-corrected chi connectivity index (χ4v) is 2.37. The Morgan fingerprint density at radius 3 is 2.55 bits per heavy atom. The molecule has 7 heteroatoms. The van der Waals surface area contributed by atoms with E-state index in [2.05, 4.69) is 4.98 Å². The van der Waals surface area contributed by atoms with Crippen molar-refractivity contribution in [1.82, 2.24) is 4.98 Å². The Kier molecular flexibility index (Phi) is 4.48. The van der Waals surface area contributed by atoms with E-state index in [1.54, 1.807) is 0 Å². The minimum Gasteiger partial charge on any atom is -0.481 e. The van der Waals surface area contributed by atoms with Gasteiger partial charge in [-0.15, -0.1) is 0 Å². The van der Waals surface area contributed by atoms with Crippen molar-refractivity contribution in [3.8, 4) is 11.3 Å². The molecule has 0 aliphatic heterocycles. The Bertz CT molecular complexity index is 692. The third-order valence-electron chi connectivity index (χ3n) is 2.50. The number of benzene rings is 1. The number of carboxylic acid groups (broad SMARTS) is 1. The minimum absolute atomic E-state index is 0.0338. The largest absolute Gasteiger partial charge is 0.481 e. The van der Waals surface area contributed by atoms with Gasteiger partial charge in [-0.05, 0) is 23.8 Å². The second kappa shape index (κ2) is 5.95. The number of rotatable bonds is 3. The number of carboxylic acids is 1. The maximum Gasteiger partial charge on any atom is 0.307 e. The van der Waals surface area contributed by atoms with Crippen molar-refractivity contribution in [2.45, 2.75) is 6.42 Å². The van der Waals surface area contributed by atoms with Gasteiger partial charge in [0.2, 0.25) is 0 Å². The van der Waals surface area contributed by atoms with Crippen molar-refractivity contribution in [2.75, 3.05) is 0 Å². The first-order valence-electron chi connectivity index (χ1n) is 5.39. The molecule has 1 aromatic heterocycles. The predicted molar refractivity (Wildman–Crippen MR) is 76.0 cm³/mol.